The molecule has 94 valence electrons. The van der Waals surface area contributed by atoms with Gasteiger partial charge in [0, 0.05) is 17.1 Å². The number of hydrogen-bond acceptors (Lipinski definition) is 4. The molecule has 2 N–H and O–H groups in total. The maximum absolute atomic E-state index is 6.06. The topological polar surface area (TPSA) is 61.0 Å². The van der Waals surface area contributed by atoms with Crippen LogP contribution in [-0.2, 0) is 6.54 Å². The normalized spacial score (nSPS) is 10.4. The molecule has 5 heteroatoms. The largest absolute Gasteiger partial charge is 0.437 e. The molecule has 0 radical (unpaired) electrons. The fourth-order valence-corrected chi connectivity index (χ4v) is 1.76. The fourth-order valence-electron chi connectivity index (χ4n) is 1.51. The number of halogens is 1. The van der Waals surface area contributed by atoms with Gasteiger partial charge in [0.1, 0.15) is 5.75 Å². The molecule has 0 amide bonds. The Kier molecular flexibility index (Phi) is 3.79. The molecular formula is C13H14ClN3O. The van der Waals surface area contributed by atoms with Gasteiger partial charge in [-0.3, -0.25) is 4.98 Å². The second-order valence-electron chi connectivity index (χ2n) is 3.90. The zero-order chi connectivity index (χ0) is 13.1. The molecule has 0 unspecified atom stereocenters. The molecule has 1 aromatic heterocycles. The number of hydrogen-bond donors (Lipinski definition) is 1. The van der Waals surface area contributed by atoms with Crippen LogP contribution in [0.2, 0.25) is 5.02 Å². The van der Waals surface area contributed by atoms with Crippen molar-refractivity contribution in [2.75, 3.05) is 0 Å². The Morgan fingerprint density at radius 1 is 1.28 bits per heavy atom. The number of nitrogens with two attached hydrogens (primary N) is 1. The summed E-state index contributed by atoms with van der Waals surface area (Å²) in [5.74, 6) is 1.05. The van der Waals surface area contributed by atoms with Gasteiger partial charge in [-0.15, -0.1) is 0 Å². The first-order valence-corrected chi connectivity index (χ1v) is 5.95. The third kappa shape index (κ3) is 2.60. The van der Waals surface area contributed by atoms with Crippen LogP contribution in [0.5, 0.6) is 11.6 Å². The zero-order valence-electron chi connectivity index (χ0n) is 10.3. The first-order valence-electron chi connectivity index (χ1n) is 5.57. The molecule has 0 aliphatic carbocycles. The van der Waals surface area contributed by atoms with Gasteiger partial charge < -0.3 is 10.5 Å². The summed E-state index contributed by atoms with van der Waals surface area (Å²) in [7, 11) is 0. The smallest absolute Gasteiger partial charge is 0.238 e. The van der Waals surface area contributed by atoms with Crippen molar-refractivity contribution < 1.29 is 4.74 Å². The van der Waals surface area contributed by atoms with E-state index in [9.17, 15) is 0 Å². The summed E-state index contributed by atoms with van der Waals surface area (Å²) < 4.78 is 5.68. The Bertz CT molecular complexity index is 572. The summed E-state index contributed by atoms with van der Waals surface area (Å²) in [5.41, 5.74) is 8.14. The van der Waals surface area contributed by atoms with Crippen LogP contribution in [0.3, 0.4) is 0 Å². The van der Waals surface area contributed by atoms with Gasteiger partial charge in [0.15, 0.2) is 0 Å². The van der Waals surface area contributed by atoms with E-state index in [2.05, 4.69) is 9.97 Å². The van der Waals surface area contributed by atoms with E-state index in [0.717, 1.165) is 17.0 Å². The summed E-state index contributed by atoms with van der Waals surface area (Å²) in [5, 5.41) is 0.590. The maximum atomic E-state index is 6.06. The van der Waals surface area contributed by atoms with Crippen molar-refractivity contribution >= 4 is 11.6 Å². The van der Waals surface area contributed by atoms with Crippen LogP contribution < -0.4 is 10.5 Å². The Morgan fingerprint density at radius 3 is 2.72 bits per heavy atom. The molecule has 1 heterocycles. The van der Waals surface area contributed by atoms with E-state index in [-0.39, 0.29) is 0 Å². The van der Waals surface area contributed by atoms with Crippen LogP contribution in [0.25, 0.3) is 0 Å². The molecule has 0 fully saturated rings. The van der Waals surface area contributed by atoms with Crippen LogP contribution in [0.4, 0.5) is 0 Å². The van der Waals surface area contributed by atoms with Crippen molar-refractivity contribution in [3.8, 4) is 11.6 Å². The Morgan fingerprint density at radius 2 is 2.06 bits per heavy atom. The SMILES string of the molecule is Cc1ncc(Oc2cccc(Cl)c2CN)nc1C. The highest BCUT2D eigenvalue weighted by atomic mass is 35.5. The summed E-state index contributed by atoms with van der Waals surface area (Å²) in [6, 6.07) is 5.40. The predicted molar refractivity (Wildman–Crippen MR) is 70.9 cm³/mol. The molecule has 0 aliphatic heterocycles. The number of benzene rings is 1. The highest BCUT2D eigenvalue weighted by molar-refractivity contribution is 6.31. The lowest BCUT2D eigenvalue weighted by Gasteiger charge is -2.11. The van der Waals surface area contributed by atoms with Gasteiger partial charge in [-0.25, -0.2) is 4.98 Å². The van der Waals surface area contributed by atoms with E-state index < -0.39 is 0 Å². The summed E-state index contributed by atoms with van der Waals surface area (Å²) in [4.78, 5) is 8.51. The van der Waals surface area contributed by atoms with Crippen molar-refractivity contribution in [3.63, 3.8) is 0 Å². The monoisotopic (exact) mass is 263 g/mol. The van der Waals surface area contributed by atoms with E-state index >= 15 is 0 Å². The van der Waals surface area contributed by atoms with Crippen molar-refractivity contribution in [2.24, 2.45) is 5.73 Å². The minimum atomic E-state index is 0.313. The molecule has 0 saturated carbocycles. The predicted octanol–water partition coefficient (Wildman–Crippen LogP) is 3.00. The van der Waals surface area contributed by atoms with E-state index in [0.29, 0.717) is 23.2 Å². The Balaban J connectivity index is 2.34. The second-order valence-corrected chi connectivity index (χ2v) is 4.31. The van der Waals surface area contributed by atoms with Crippen molar-refractivity contribution in [3.05, 3.63) is 46.4 Å². The second kappa shape index (κ2) is 5.33. The standard InChI is InChI=1S/C13H14ClN3O/c1-8-9(2)17-13(7-16-8)18-12-5-3-4-11(14)10(12)6-15/h3-5,7H,6,15H2,1-2H3. The van der Waals surface area contributed by atoms with Crippen LogP contribution in [0.1, 0.15) is 17.0 Å². The van der Waals surface area contributed by atoms with E-state index in [1.165, 1.54) is 0 Å². The van der Waals surface area contributed by atoms with Gasteiger partial charge in [-0.2, -0.15) is 0 Å². The average Bonchev–Trinajstić information content (AvgIpc) is 2.34. The van der Waals surface area contributed by atoms with Crippen LogP contribution in [-0.4, -0.2) is 9.97 Å². The van der Waals surface area contributed by atoms with Gasteiger partial charge in [0.05, 0.1) is 17.6 Å². The number of ether oxygens (including phenoxy) is 1. The quantitative estimate of drug-likeness (QED) is 0.925. The van der Waals surface area contributed by atoms with Crippen molar-refractivity contribution in [1.29, 1.82) is 0 Å². The third-order valence-corrected chi connectivity index (χ3v) is 3.02. The van der Waals surface area contributed by atoms with E-state index in [1.54, 1.807) is 12.3 Å². The average molecular weight is 264 g/mol. The molecular weight excluding hydrogens is 250 g/mol. The first-order chi connectivity index (χ1) is 8.61. The summed E-state index contributed by atoms with van der Waals surface area (Å²) in [6.07, 6.45) is 1.59. The molecule has 18 heavy (non-hydrogen) atoms. The molecule has 2 rings (SSSR count). The van der Waals surface area contributed by atoms with Crippen LogP contribution in [0, 0.1) is 13.8 Å². The molecule has 0 spiro atoms. The Labute approximate surface area is 111 Å². The number of aryl methyl sites for hydroxylation is 2. The van der Waals surface area contributed by atoms with E-state index in [4.69, 9.17) is 22.1 Å². The molecule has 1 aromatic carbocycles. The minimum Gasteiger partial charge on any atom is -0.437 e. The lowest BCUT2D eigenvalue weighted by molar-refractivity contribution is 0.452. The lowest BCUT2D eigenvalue weighted by atomic mass is 10.2. The Hall–Kier alpha value is -1.65. The summed E-state index contributed by atoms with van der Waals surface area (Å²) in [6.45, 7) is 4.10. The number of aromatic nitrogens is 2. The third-order valence-electron chi connectivity index (χ3n) is 2.66. The number of rotatable bonds is 3. The highest BCUT2D eigenvalue weighted by Gasteiger charge is 2.09. The molecule has 0 saturated heterocycles. The summed E-state index contributed by atoms with van der Waals surface area (Å²) >= 11 is 6.06. The van der Waals surface area contributed by atoms with Crippen LogP contribution in [0.15, 0.2) is 24.4 Å². The van der Waals surface area contributed by atoms with Gasteiger partial charge in [-0.1, -0.05) is 17.7 Å². The molecule has 4 nitrogen and oxygen atoms in total. The number of nitrogens with zero attached hydrogens (tertiary/aromatic N) is 2. The fraction of sp³-hybridized carbons (Fsp3) is 0.231. The first kappa shape index (κ1) is 12.8. The van der Waals surface area contributed by atoms with E-state index in [1.807, 2.05) is 26.0 Å². The van der Waals surface area contributed by atoms with Crippen molar-refractivity contribution in [1.82, 2.24) is 9.97 Å². The highest BCUT2D eigenvalue weighted by Crippen LogP contribution is 2.29. The molecule has 0 bridgehead atoms. The molecule has 2 aromatic rings. The van der Waals surface area contributed by atoms with Crippen LogP contribution >= 0.6 is 11.6 Å². The van der Waals surface area contributed by atoms with Crippen molar-refractivity contribution in [2.45, 2.75) is 20.4 Å². The lowest BCUT2D eigenvalue weighted by Crippen LogP contribution is -2.02. The maximum Gasteiger partial charge on any atom is 0.238 e. The van der Waals surface area contributed by atoms with Gasteiger partial charge in [-0.05, 0) is 26.0 Å². The van der Waals surface area contributed by atoms with Gasteiger partial charge >= 0.3 is 0 Å². The zero-order valence-corrected chi connectivity index (χ0v) is 11.0. The molecule has 0 aliphatic rings. The van der Waals surface area contributed by atoms with Gasteiger partial charge in [0.25, 0.3) is 0 Å². The minimum absolute atomic E-state index is 0.313. The molecule has 0 atom stereocenters. The van der Waals surface area contributed by atoms with Gasteiger partial charge in [0.2, 0.25) is 5.88 Å².